The van der Waals surface area contributed by atoms with Crippen molar-refractivity contribution >= 4 is 12.6 Å². The molecule has 2 atom stereocenters. The van der Waals surface area contributed by atoms with Crippen molar-refractivity contribution < 1.29 is 0 Å². The lowest BCUT2D eigenvalue weighted by Gasteiger charge is -2.39. The molecule has 0 aliphatic carbocycles. The quantitative estimate of drug-likeness (QED) is 0.256. The van der Waals surface area contributed by atoms with Crippen molar-refractivity contribution in [3.05, 3.63) is 106 Å². The first-order chi connectivity index (χ1) is 17.2. The number of hydrogen-bond acceptors (Lipinski definition) is 1. The lowest BCUT2D eigenvalue weighted by molar-refractivity contribution is 0.248. The Morgan fingerprint density at radius 2 is 1.30 bits per heavy atom. The molecule has 0 nitrogen and oxygen atoms in total. The van der Waals surface area contributed by atoms with Crippen LogP contribution in [0.1, 0.15) is 94.7 Å². The smallest absolute Gasteiger partial charge is 0.0243 e. The van der Waals surface area contributed by atoms with Crippen LogP contribution in [0.4, 0.5) is 0 Å². The van der Waals surface area contributed by atoms with Gasteiger partial charge in [0.1, 0.15) is 0 Å². The molecule has 37 heavy (non-hydrogen) atoms. The highest BCUT2D eigenvalue weighted by molar-refractivity contribution is 7.81. The maximum absolute atomic E-state index is 5.11. The Morgan fingerprint density at radius 3 is 1.86 bits per heavy atom. The highest BCUT2D eigenvalue weighted by Gasteiger charge is 2.37. The molecule has 0 aliphatic rings. The highest BCUT2D eigenvalue weighted by Crippen LogP contribution is 2.44. The van der Waals surface area contributed by atoms with Gasteiger partial charge in [0.05, 0.1) is 0 Å². The van der Waals surface area contributed by atoms with Crippen LogP contribution in [0.25, 0.3) is 0 Å². The van der Waals surface area contributed by atoms with Gasteiger partial charge < -0.3 is 0 Å². The first-order valence-electron chi connectivity index (χ1n) is 14.1. The van der Waals surface area contributed by atoms with E-state index in [0.29, 0.717) is 11.2 Å². The summed E-state index contributed by atoms with van der Waals surface area (Å²) in [5, 5.41) is 0.331. The monoisotopic (exact) mass is 514 g/mol. The number of hydrogen-bond donors (Lipinski definition) is 1. The minimum atomic E-state index is -0.121. The van der Waals surface area contributed by atoms with Gasteiger partial charge in [-0.25, -0.2) is 0 Å². The molecule has 3 rings (SSSR count). The first kappa shape index (κ1) is 29.6. The largest absolute Gasteiger partial charge is 0.175 e. The molecule has 0 fully saturated rings. The number of thiol groups is 1. The molecule has 2 unspecified atom stereocenters. The van der Waals surface area contributed by atoms with Crippen molar-refractivity contribution in [1.82, 2.24) is 0 Å². The minimum absolute atomic E-state index is 0.121. The van der Waals surface area contributed by atoms with Crippen LogP contribution < -0.4 is 0 Å². The molecular weight excluding hydrogens is 464 g/mol. The Balaban J connectivity index is 2.23. The van der Waals surface area contributed by atoms with Gasteiger partial charge in [-0.3, -0.25) is 0 Å². The Bertz CT molecular complexity index is 1130. The van der Waals surface area contributed by atoms with Crippen LogP contribution in [0.3, 0.4) is 0 Å². The molecule has 0 saturated heterocycles. The van der Waals surface area contributed by atoms with E-state index in [2.05, 4.69) is 135 Å². The molecule has 0 saturated carbocycles. The van der Waals surface area contributed by atoms with Crippen LogP contribution >= 0.6 is 12.6 Å². The maximum Gasteiger partial charge on any atom is 0.0243 e. The lowest BCUT2D eigenvalue weighted by Crippen LogP contribution is -2.34. The van der Waals surface area contributed by atoms with E-state index in [1.54, 1.807) is 0 Å². The van der Waals surface area contributed by atoms with Gasteiger partial charge in [-0.2, -0.15) is 12.6 Å². The standard InChI is InChI=1S/C36H50S/c1-26(2)35(8,9)24-30-21-28(4)22-32(23-30)36(20-19-33(37)34(5,6)7,25-29-13-11-10-12-14-29)31-17-15-27(3)16-18-31/h10-18,21-23,26,33,37H,19-20,24-25H2,1-9H3. The zero-order chi connectivity index (χ0) is 27.4. The van der Waals surface area contributed by atoms with E-state index in [-0.39, 0.29) is 16.2 Å². The molecule has 0 N–H and O–H groups in total. The number of aryl methyl sites for hydroxylation is 2. The summed E-state index contributed by atoms with van der Waals surface area (Å²) in [5.74, 6) is 0.624. The van der Waals surface area contributed by atoms with Gasteiger partial charge in [0.15, 0.2) is 0 Å². The van der Waals surface area contributed by atoms with E-state index >= 15 is 0 Å². The molecule has 0 aliphatic heterocycles. The molecule has 0 spiro atoms. The van der Waals surface area contributed by atoms with E-state index in [9.17, 15) is 0 Å². The molecule has 3 aromatic carbocycles. The van der Waals surface area contributed by atoms with Gasteiger partial charge in [0, 0.05) is 10.7 Å². The van der Waals surface area contributed by atoms with Crippen LogP contribution in [0.2, 0.25) is 0 Å². The van der Waals surface area contributed by atoms with Crippen LogP contribution in [-0.2, 0) is 18.3 Å². The third-order valence-electron chi connectivity index (χ3n) is 8.71. The van der Waals surface area contributed by atoms with Crippen molar-refractivity contribution in [2.24, 2.45) is 16.7 Å². The molecule has 0 radical (unpaired) electrons. The highest BCUT2D eigenvalue weighted by atomic mass is 32.1. The summed E-state index contributed by atoms with van der Waals surface area (Å²) < 4.78 is 0. The van der Waals surface area contributed by atoms with Gasteiger partial charge >= 0.3 is 0 Å². The average molecular weight is 515 g/mol. The van der Waals surface area contributed by atoms with E-state index in [1.165, 1.54) is 33.4 Å². The molecule has 0 amide bonds. The molecule has 0 heterocycles. The Labute approximate surface area is 233 Å². The fourth-order valence-corrected chi connectivity index (χ4v) is 5.48. The second-order valence-corrected chi connectivity index (χ2v) is 14.2. The predicted octanol–water partition coefficient (Wildman–Crippen LogP) is 10.2. The second kappa shape index (κ2) is 11.8. The predicted molar refractivity (Wildman–Crippen MR) is 167 cm³/mol. The van der Waals surface area contributed by atoms with Gasteiger partial charge in [0.2, 0.25) is 0 Å². The van der Waals surface area contributed by atoms with Gasteiger partial charge in [-0.1, -0.05) is 132 Å². The zero-order valence-electron chi connectivity index (χ0n) is 24.9. The minimum Gasteiger partial charge on any atom is -0.175 e. The fourth-order valence-electron chi connectivity index (χ4n) is 5.35. The lowest BCUT2D eigenvalue weighted by atomic mass is 9.65. The summed E-state index contributed by atoms with van der Waals surface area (Å²) in [6, 6.07) is 27.8. The zero-order valence-corrected chi connectivity index (χ0v) is 25.8. The fraction of sp³-hybridized carbons (Fsp3) is 0.500. The van der Waals surface area contributed by atoms with Crippen molar-refractivity contribution in [3.63, 3.8) is 0 Å². The molecule has 1 heteroatoms. The molecule has 0 bridgehead atoms. The molecular formula is C36H50S. The van der Waals surface area contributed by atoms with Crippen molar-refractivity contribution in [1.29, 1.82) is 0 Å². The van der Waals surface area contributed by atoms with E-state index in [1.807, 2.05) is 0 Å². The van der Waals surface area contributed by atoms with E-state index < -0.39 is 0 Å². The molecule has 3 aromatic rings. The summed E-state index contributed by atoms with van der Waals surface area (Å²) in [5.41, 5.74) is 8.66. The van der Waals surface area contributed by atoms with Gasteiger partial charge in [0.25, 0.3) is 0 Å². The summed E-state index contributed by atoms with van der Waals surface area (Å²) in [4.78, 5) is 0. The Kier molecular flexibility index (Phi) is 9.44. The van der Waals surface area contributed by atoms with Crippen molar-refractivity contribution in [2.75, 3.05) is 0 Å². The molecule has 0 aromatic heterocycles. The van der Waals surface area contributed by atoms with Crippen molar-refractivity contribution in [3.8, 4) is 0 Å². The van der Waals surface area contributed by atoms with Crippen LogP contribution in [0.15, 0.2) is 72.8 Å². The van der Waals surface area contributed by atoms with E-state index in [0.717, 1.165) is 25.7 Å². The maximum atomic E-state index is 5.11. The third kappa shape index (κ3) is 7.53. The van der Waals surface area contributed by atoms with E-state index in [4.69, 9.17) is 12.6 Å². The summed E-state index contributed by atoms with van der Waals surface area (Å²) in [6.07, 6.45) is 4.20. The first-order valence-corrected chi connectivity index (χ1v) is 14.6. The molecule has 200 valence electrons. The normalized spacial score (nSPS) is 15.0. The number of rotatable bonds is 10. The summed E-state index contributed by atoms with van der Waals surface area (Å²) in [6.45, 7) is 20.9. The summed E-state index contributed by atoms with van der Waals surface area (Å²) >= 11 is 5.11. The SMILES string of the molecule is Cc1ccc(C(CCC(S)C(C)(C)C)(Cc2ccccc2)c2cc(C)cc(CC(C)(C)C(C)C)c2)cc1. The van der Waals surface area contributed by atoms with Crippen LogP contribution in [-0.4, -0.2) is 5.25 Å². The summed E-state index contributed by atoms with van der Waals surface area (Å²) in [7, 11) is 0. The average Bonchev–Trinajstić information content (AvgIpc) is 2.81. The van der Waals surface area contributed by atoms with Crippen LogP contribution in [0.5, 0.6) is 0 Å². The Morgan fingerprint density at radius 1 is 0.676 bits per heavy atom. The topological polar surface area (TPSA) is 0 Å². The van der Waals surface area contributed by atoms with Gasteiger partial charge in [-0.15, -0.1) is 0 Å². The van der Waals surface area contributed by atoms with Crippen LogP contribution in [0, 0.1) is 30.6 Å². The third-order valence-corrected chi connectivity index (χ3v) is 9.74. The second-order valence-electron chi connectivity index (χ2n) is 13.6. The Hall–Kier alpha value is -1.99. The van der Waals surface area contributed by atoms with Crippen molar-refractivity contribution in [2.45, 2.75) is 98.7 Å². The van der Waals surface area contributed by atoms with Gasteiger partial charge in [-0.05, 0) is 78.5 Å². The number of benzene rings is 3.